The lowest BCUT2D eigenvalue weighted by Gasteiger charge is -2.33. The number of carbonyl (C=O) groups is 1. The van der Waals surface area contributed by atoms with Gasteiger partial charge in [0, 0.05) is 23.6 Å². The number of aliphatic hydroxyl groups is 1. The van der Waals surface area contributed by atoms with Gasteiger partial charge in [0.05, 0.1) is 58.1 Å². The fourth-order valence-corrected chi connectivity index (χ4v) is 7.08. The SMILES string of the molecule is CCOC(=O)CC(c1ccc(OC)c([C@@H](C)N2Cc3cc(O)ccc3OS2(=O)=O)c1)c1ccc2c(nnn2CCOCCO)c1C. The van der Waals surface area contributed by atoms with Crippen LogP contribution in [-0.2, 0) is 37.7 Å². The summed E-state index contributed by atoms with van der Waals surface area (Å²) in [4.78, 5) is 12.9. The average molecular weight is 655 g/mol. The van der Waals surface area contributed by atoms with Crippen molar-refractivity contribution >= 4 is 27.3 Å². The Morgan fingerprint density at radius 1 is 1.11 bits per heavy atom. The lowest BCUT2D eigenvalue weighted by atomic mass is 9.84. The van der Waals surface area contributed by atoms with Crippen LogP contribution in [0, 0.1) is 6.92 Å². The van der Waals surface area contributed by atoms with Gasteiger partial charge in [0.2, 0.25) is 0 Å². The number of carbonyl (C=O) groups excluding carboxylic acids is 1. The molecule has 0 radical (unpaired) electrons. The van der Waals surface area contributed by atoms with Crippen molar-refractivity contribution in [2.75, 3.05) is 33.5 Å². The molecule has 1 aliphatic rings. The smallest absolute Gasteiger partial charge is 0.386 e. The van der Waals surface area contributed by atoms with Gasteiger partial charge in [0.15, 0.2) is 0 Å². The second kappa shape index (κ2) is 14.0. The number of ether oxygens (including phenoxy) is 3. The van der Waals surface area contributed by atoms with Crippen LogP contribution in [0.4, 0.5) is 0 Å². The van der Waals surface area contributed by atoms with Crippen molar-refractivity contribution in [1.29, 1.82) is 0 Å². The van der Waals surface area contributed by atoms with E-state index in [9.17, 15) is 18.3 Å². The van der Waals surface area contributed by atoms with E-state index in [1.54, 1.807) is 24.6 Å². The number of aliphatic hydroxyl groups excluding tert-OH is 1. The van der Waals surface area contributed by atoms with Crippen LogP contribution in [0.3, 0.4) is 0 Å². The summed E-state index contributed by atoms with van der Waals surface area (Å²) in [6.07, 6.45) is 0.0290. The van der Waals surface area contributed by atoms with Crippen LogP contribution < -0.4 is 8.92 Å². The fourth-order valence-electron chi connectivity index (χ4n) is 5.80. The van der Waals surface area contributed by atoms with Crippen molar-refractivity contribution in [3.8, 4) is 17.2 Å². The highest BCUT2D eigenvalue weighted by molar-refractivity contribution is 7.84. The minimum Gasteiger partial charge on any atom is -0.508 e. The van der Waals surface area contributed by atoms with Gasteiger partial charge in [0.25, 0.3) is 0 Å². The predicted octanol–water partition coefficient (Wildman–Crippen LogP) is 3.75. The van der Waals surface area contributed by atoms with E-state index >= 15 is 0 Å². The summed E-state index contributed by atoms with van der Waals surface area (Å²) in [5.41, 5.74) is 4.99. The Labute approximate surface area is 267 Å². The van der Waals surface area contributed by atoms with Crippen LogP contribution in [0.5, 0.6) is 17.2 Å². The highest BCUT2D eigenvalue weighted by atomic mass is 32.2. The number of hydrogen-bond donors (Lipinski definition) is 2. The number of benzene rings is 3. The molecule has 1 aliphatic heterocycles. The number of phenols is 1. The Morgan fingerprint density at radius 3 is 2.65 bits per heavy atom. The zero-order valence-corrected chi connectivity index (χ0v) is 27.0. The third-order valence-electron chi connectivity index (χ3n) is 8.11. The average Bonchev–Trinajstić information content (AvgIpc) is 3.45. The lowest BCUT2D eigenvalue weighted by Crippen LogP contribution is -2.39. The molecule has 0 saturated carbocycles. The van der Waals surface area contributed by atoms with Crippen molar-refractivity contribution in [2.45, 2.75) is 52.2 Å². The van der Waals surface area contributed by atoms with Gasteiger partial charge in [-0.25, -0.2) is 4.68 Å². The molecular formula is C32H38N4O9S. The quantitative estimate of drug-likeness (QED) is 0.160. The van der Waals surface area contributed by atoms with E-state index in [4.69, 9.17) is 23.5 Å². The zero-order valence-electron chi connectivity index (χ0n) is 26.2. The van der Waals surface area contributed by atoms with Crippen molar-refractivity contribution in [2.24, 2.45) is 0 Å². The molecule has 2 atom stereocenters. The molecule has 14 heteroatoms. The Morgan fingerprint density at radius 2 is 1.91 bits per heavy atom. The molecule has 1 aromatic heterocycles. The molecule has 1 unspecified atom stereocenters. The first kappa shape index (κ1) is 33.1. The van der Waals surface area contributed by atoms with Crippen LogP contribution in [0.1, 0.15) is 60.0 Å². The van der Waals surface area contributed by atoms with Crippen LogP contribution in [0.2, 0.25) is 0 Å². The summed E-state index contributed by atoms with van der Waals surface area (Å²) in [5.74, 6) is -0.229. The maximum atomic E-state index is 13.3. The highest BCUT2D eigenvalue weighted by Gasteiger charge is 2.37. The first-order chi connectivity index (χ1) is 22.1. The minimum absolute atomic E-state index is 0.00182. The van der Waals surface area contributed by atoms with Crippen LogP contribution in [-0.4, -0.2) is 77.4 Å². The Bertz CT molecular complexity index is 1830. The molecule has 46 heavy (non-hydrogen) atoms. The van der Waals surface area contributed by atoms with Gasteiger partial charge in [-0.3, -0.25) is 4.79 Å². The van der Waals surface area contributed by atoms with E-state index in [0.29, 0.717) is 35.5 Å². The standard InChI is InChI=1S/C32H38N4O9S/c1-5-44-31(39)18-27(25-8-9-28-32(20(25)2)33-34-35(28)12-14-43-15-13-37)22-6-10-30(42-4)26(17-22)21(3)36-19-23-16-24(38)7-11-29(23)45-46(36,40)41/h6-11,16-17,21,27,37-38H,5,12-15,18-19H2,1-4H3/t21-,27?/m1/s1. The van der Waals surface area contributed by atoms with Crippen LogP contribution in [0.25, 0.3) is 11.0 Å². The number of aromatic nitrogens is 3. The number of hydrogen-bond acceptors (Lipinski definition) is 11. The van der Waals surface area contributed by atoms with Gasteiger partial charge in [0.1, 0.15) is 22.8 Å². The van der Waals surface area contributed by atoms with E-state index in [1.165, 1.54) is 29.6 Å². The lowest BCUT2D eigenvalue weighted by molar-refractivity contribution is -0.143. The number of aromatic hydroxyl groups is 1. The van der Waals surface area contributed by atoms with Gasteiger partial charge in [-0.1, -0.05) is 17.3 Å². The number of rotatable bonds is 13. The molecule has 5 rings (SSSR count). The van der Waals surface area contributed by atoms with E-state index in [0.717, 1.165) is 22.2 Å². The summed E-state index contributed by atoms with van der Waals surface area (Å²) in [6, 6.07) is 12.8. The summed E-state index contributed by atoms with van der Waals surface area (Å²) in [5, 5.41) is 27.7. The molecule has 0 amide bonds. The normalized spacial score (nSPS) is 15.6. The molecule has 0 saturated heterocycles. The molecule has 0 aliphatic carbocycles. The molecular weight excluding hydrogens is 616 g/mol. The number of phenolic OH excluding ortho intramolecular Hbond substituents is 1. The molecule has 2 N–H and O–H groups in total. The monoisotopic (exact) mass is 654 g/mol. The topological polar surface area (TPSA) is 163 Å². The Kier molecular flexibility index (Phi) is 10.1. The summed E-state index contributed by atoms with van der Waals surface area (Å²) in [6.45, 7) is 6.60. The highest BCUT2D eigenvalue weighted by Crippen LogP contribution is 2.41. The summed E-state index contributed by atoms with van der Waals surface area (Å²) >= 11 is 0. The molecule has 4 aromatic rings. The maximum absolute atomic E-state index is 13.3. The van der Waals surface area contributed by atoms with Crippen molar-refractivity contribution in [3.63, 3.8) is 0 Å². The van der Waals surface area contributed by atoms with Crippen LogP contribution >= 0.6 is 0 Å². The molecule has 0 fully saturated rings. The molecule has 246 valence electrons. The third kappa shape index (κ3) is 6.79. The molecule has 13 nitrogen and oxygen atoms in total. The minimum atomic E-state index is -4.19. The van der Waals surface area contributed by atoms with Gasteiger partial charge in [-0.15, -0.1) is 5.10 Å². The molecule has 3 aromatic carbocycles. The van der Waals surface area contributed by atoms with Gasteiger partial charge in [-0.2, -0.15) is 12.7 Å². The number of nitrogens with zero attached hydrogens (tertiary/aromatic N) is 4. The summed E-state index contributed by atoms with van der Waals surface area (Å²) in [7, 11) is -2.68. The van der Waals surface area contributed by atoms with E-state index in [-0.39, 0.29) is 50.3 Å². The van der Waals surface area contributed by atoms with E-state index < -0.39 is 22.3 Å². The largest absolute Gasteiger partial charge is 0.508 e. The number of aryl methyl sites for hydroxylation is 1. The number of fused-ring (bicyclic) bond motifs is 2. The number of esters is 1. The Hall–Kier alpha value is -4.24. The van der Waals surface area contributed by atoms with E-state index in [2.05, 4.69) is 10.3 Å². The molecule has 0 spiro atoms. The first-order valence-electron chi connectivity index (χ1n) is 15.0. The van der Waals surface area contributed by atoms with Gasteiger partial charge in [-0.05, 0) is 73.9 Å². The predicted molar refractivity (Wildman–Crippen MR) is 168 cm³/mol. The maximum Gasteiger partial charge on any atom is 0.386 e. The fraction of sp³-hybridized carbons (Fsp3) is 0.406. The summed E-state index contributed by atoms with van der Waals surface area (Å²) < 4.78 is 51.3. The van der Waals surface area contributed by atoms with Gasteiger partial charge < -0.3 is 28.6 Å². The first-order valence-corrected chi connectivity index (χ1v) is 16.3. The number of methoxy groups -OCH3 is 1. The van der Waals surface area contributed by atoms with E-state index in [1.807, 2.05) is 31.2 Å². The molecule has 2 heterocycles. The van der Waals surface area contributed by atoms with Crippen molar-refractivity contribution < 1.29 is 41.8 Å². The third-order valence-corrected chi connectivity index (χ3v) is 9.52. The second-order valence-electron chi connectivity index (χ2n) is 10.9. The van der Waals surface area contributed by atoms with Crippen LogP contribution in [0.15, 0.2) is 48.5 Å². The Balaban J connectivity index is 1.54. The second-order valence-corrected chi connectivity index (χ2v) is 12.4. The molecule has 0 bridgehead atoms. The zero-order chi connectivity index (χ0) is 33.0. The van der Waals surface area contributed by atoms with Crippen molar-refractivity contribution in [3.05, 3.63) is 76.3 Å². The van der Waals surface area contributed by atoms with Crippen molar-refractivity contribution in [1.82, 2.24) is 19.3 Å². The van der Waals surface area contributed by atoms with Gasteiger partial charge >= 0.3 is 16.3 Å².